The van der Waals surface area contributed by atoms with Crippen LogP contribution in [0.2, 0.25) is 5.02 Å². The first-order chi connectivity index (χ1) is 11.0. The van der Waals surface area contributed by atoms with Gasteiger partial charge in [0, 0.05) is 13.0 Å². The Morgan fingerprint density at radius 2 is 2.22 bits per heavy atom. The van der Waals surface area contributed by atoms with Crippen molar-refractivity contribution in [1.82, 2.24) is 14.8 Å². The fourth-order valence-corrected chi connectivity index (χ4v) is 3.20. The van der Waals surface area contributed by atoms with Crippen LogP contribution in [0.1, 0.15) is 31.5 Å². The van der Waals surface area contributed by atoms with Crippen molar-refractivity contribution in [2.75, 3.05) is 5.32 Å². The molecule has 1 N–H and O–H groups in total. The predicted molar refractivity (Wildman–Crippen MR) is 88.3 cm³/mol. The van der Waals surface area contributed by atoms with Crippen LogP contribution in [0.5, 0.6) is 0 Å². The molecule has 0 spiro atoms. The number of halogens is 2. The van der Waals surface area contributed by atoms with Crippen LogP contribution in [0.15, 0.2) is 23.4 Å². The summed E-state index contributed by atoms with van der Waals surface area (Å²) in [5.74, 6) is 0.812. The third kappa shape index (κ3) is 3.67. The van der Waals surface area contributed by atoms with Crippen LogP contribution < -0.4 is 5.32 Å². The highest BCUT2D eigenvalue weighted by molar-refractivity contribution is 8.00. The van der Waals surface area contributed by atoms with Gasteiger partial charge in [-0.05, 0) is 38.0 Å². The molecule has 0 aliphatic heterocycles. The van der Waals surface area contributed by atoms with Crippen molar-refractivity contribution < 1.29 is 9.18 Å². The van der Waals surface area contributed by atoms with E-state index in [0.717, 1.165) is 18.7 Å². The Bertz CT molecular complexity index is 747. The van der Waals surface area contributed by atoms with Gasteiger partial charge < -0.3 is 9.88 Å². The fraction of sp³-hybridized carbons (Fsp3) is 0.400. The summed E-state index contributed by atoms with van der Waals surface area (Å²) in [6, 6.07) is 3.87. The number of carbonyl (C=O) groups excluding carboxylic acids is 1. The molecule has 0 unspecified atom stereocenters. The molecule has 8 heteroatoms. The summed E-state index contributed by atoms with van der Waals surface area (Å²) < 4.78 is 15.0. The van der Waals surface area contributed by atoms with E-state index < -0.39 is 5.82 Å². The number of nitrogens with one attached hydrogen (secondary N) is 1. The lowest BCUT2D eigenvalue weighted by Gasteiger charge is -2.12. The van der Waals surface area contributed by atoms with Crippen LogP contribution >= 0.6 is 23.4 Å². The Morgan fingerprint density at radius 3 is 2.87 bits per heavy atom. The van der Waals surface area contributed by atoms with Gasteiger partial charge in [-0.15, -0.1) is 10.2 Å². The molecule has 1 aliphatic carbocycles. The molecule has 5 nitrogen and oxygen atoms in total. The van der Waals surface area contributed by atoms with E-state index in [1.165, 1.54) is 30.0 Å². The van der Waals surface area contributed by atoms with Gasteiger partial charge >= 0.3 is 0 Å². The van der Waals surface area contributed by atoms with Crippen molar-refractivity contribution in [3.8, 4) is 0 Å². The highest BCUT2D eigenvalue weighted by Crippen LogP contribution is 2.39. The van der Waals surface area contributed by atoms with Crippen molar-refractivity contribution in [2.45, 2.75) is 36.1 Å². The molecule has 0 saturated heterocycles. The molecule has 1 aliphatic rings. The van der Waals surface area contributed by atoms with Gasteiger partial charge in [0.25, 0.3) is 0 Å². The maximum absolute atomic E-state index is 13.0. The topological polar surface area (TPSA) is 59.8 Å². The van der Waals surface area contributed by atoms with E-state index in [2.05, 4.69) is 15.5 Å². The van der Waals surface area contributed by atoms with Crippen LogP contribution in [0.4, 0.5) is 10.1 Å². The molecule has 1 aromatic heterocycles. The number of rotatable bonds is 5. The number of hydrogen-bond donors (Lipinski definition) is 1. The second kappa shape index (κ2) is 6.49. The molecule has 1 heterocycles. The number of aromatic nitrogens is 3. The smallest absolute Gasteiger partial charge is 0.237 e. The van der Waals surface area contributed by atoms with E-state index in [4.69, 9.17) is 11.6 Å². The Balaban J connectivity index is 1.65. The molecule has 2 aromatic rings. The summed E-state index contributed by atoms with van der Waals surface area (Å²) in [6.07, 6.45) is 2.30. The van der Waals surface area contributed by atoms with Gasteiger partial charge in [0.15, 0.2) is 5.16 Å². The summed E-state index contributed by atoms with van der Waals surface area (Å²) >= 11 is 7.25. The first-order valence-electron chi connectivity index (χ1n) is 7.27. The lowest BCUT2D eigenvalue weighted by Crippen LogP contribution is -2.23. The highest BCUT2D eigenvalue weighted by Gasteiger charge is 2.30. The van der Waals surface area contributed by atoms with Gasteiger partial charge in [-0.25, -0.2) is 4.39 Å². The summed E-state index contributed by atoms with van der Waals surface area (Å²) in [4.78, 5) is 12.3. The minimum Gasteiger partial charge on any atom is -0.324 e. The van der Waals surface area contributed by atoms with Crippen molar-refractivity contribution in [2.24, 2.45) is 7.05 Å². The molecule has 0 bridgehead atoms. The van der Waals surface area contributed by atoms with Crippen molar-refractivity contribution >= 4 is 35.0 Å². The zero-order valence-corrected chi connectivity index (χ0v) is 14.3. The molecule has 3 rings (SSSR count). The second-order valence-corrected chi connectivity index (χ2v) is 7.26. The zero-order valence-electron chi connectivity index (χ0n) is 12.7. The van der Waals surface area contributed by atoms with Gasteiger partial charge in [-0.3, -0.25) is 4.79 Å². The summed E-state index contributed by atoms with van der Waals surface area (Å²) in [5.41, 5.74) is 0.391. The molecular weight excluding hydrogens is 339 g/mol. The number of carbonyl (C=O) groups is 1. The number of nitrogens with zero attached hydrogens (tertiary/aromatic N) is 3. The first-order valence-corrected chi connectivity index (χ1v) is 8.53. The van der Waals surface area contributed by atoms with E-state index in [1.54, 1.807) is 6.92 Å². The third-order valence-corrected chi connectivity index (χ3v) is 5.10. The summed E-state index contributed by atoms with van der Waals surface area (Å²) in [6.45, 7) is 1.78. The monoisotopic (exact) mass is 354 g/mol. The van der Waals surface area contributed by atoms with Crippen molar-refractivity contribution in [3.05, 3.63) is 34.9 Å². The van der Waals surface area contributed by atoms with Crippen LogP contribution in [-0.4, -0.2) is 25.9 Å². The molecule has 1 saturated carbocycles. The molecule has 1 amide bonds. The molecule has 1 aromatic carbocycles. The van der Waals surface area contributed by atoms with Crippen LogP contribution in [0.3, 0.4) is 0 Å². The number of benzene rings is 1. The minimum atomic E-state index is -0.442. The minimum absolute atomic E-state index is 0.172. The zero-order chi connectivity index (χ0) is 16.6. The normalized spacial score (nSPS) is 15.5. The maximum atomic E-state index is 13.0. The van der Waals surface area contributed by atoms with Gasteiger partial charge in [0.2, 0.25) is 5.91 Å². The lowest BCUT2D eigenvalue weighted by molar-refractivity contribution is -0.115. The van der Waals surface area contributed by atoms with E-state index in [0.29, 0.717) is 16.8 Å². The van der Waals surface area contributed by atoms with Gasteiger partial charge in [0.1, 0.15) is 11.6 Å². The Labute approximate surface area is 142 Å². The van der Waals surface area contributed by atoms with E-state index in [1.807, 2.05) is 11.6 Å². The van der Waals surface area contributed by atoms with Gasteiger partial charge in [-0.1, -0.05) is 23.4 Å². The molecule has 122 valence electrons. The molecule has 1 fully saturated rings. The molecular formula is C15H16ClFN4OS. The average Bonchev–Trinajstić information content (AvgIpc) is 3.28. The predicted octanol–water partition coefficient (Wildman–Crippen LogP) is 3.60. The molecule has 1 atom stereocenters. The van der Waals surface area contributed by atoms with Crippen LogP contribution in [0, 0.1) is 5.82 Å². The number of thioether (sulfide) groups is 1. The van der Waals surface area contributed by atoms with E-state index >= 15 is 0 Å². The highest BCUT2D eigenvalue weighted by atomic mass is 35.5. The van der Waals surface area contributed by atoms with E-state index in [-0.39, 0.29) is 16.2 Å². The largest absolute Gasteiger partial charge is 0.324 e. The molecule has 23 heavy (non-hydrogen) atoms. The Morgan fingerprint density at radius 1 is 1.48 bits per heavy atom. The number of anilines is 1. The standard InChI is InChI=1S/C15H16ClFN4OS/c1-8(14(22)18-12-6-5-10(17)7-11(12)16)23-15-20-19-13(21(15)2)9-3-4-9/h5-9H,3-4H2,1-2H3,(H,18,22)/t8-/m0/s1. The maximum Gasteiger partial charge on any atom is 0.237 e. The van der Waals surface area contributed by atoms with Crippen molar-refractivity contribution in [3.63, 3.8) is 0 Å². The lowest BCUT2D eigenvalue weighted by atomic mass is 10.3. The first kappa shape index (κ1) is 16.3. The van der Waals surface area contributed by atoms with Crippen molar-refractivity contribution in [1.29, 1.82) is 0 Å². The van der Waals surface area contributed by atoms with Crippen LogP contribution in [-0.2, 0) is 11.8 Å². The fourth-order valence-electron chi connectivity index (χ4n) is 2.16. The summed E-state index contributed by atoms with van der Waals surface area (Å²) in [7, 11) is 1.91. The third-order valence-electron chi connectivity index (χ3n) is 3.65. The number of hydrogen-bond acceptors (Lipinski definition) is 4. The SMILES string of the molecule is C[C@H](Sc1nnc(C2CC2)n1C)C(=O)Nc1ccc(F)cc1Cl. The Hall–Kier alpha value is -1.60. The average molecular weight is 355 g/mol. The summed E-state index contributed by atoms with van der Waals surface area (Å²) in [5, 5.41) is 11.6. The number of amides is 1. The Kier molecular flexibility index (Phi) is 4.59. The van der Waals surface area contributed by atoms with Crippen LogP contribution in [0.25, 0.3) is 0 Å². The quantitative estimate of drug-likeness (QED) is 0.833. The second-order valence-electron chi connectivity index (χ2n) is 5.55. The van der Waals surface area contributed by atoms with Gasteiger partial charge in [-0.2, -0.15) is 0 Å². The van der Waals surface area contributed by atoms with E-state index in [9.17, 15) is 9.18 Å². The van der Waals surface area contributed by atoms with Gasteiger partial charge in [0.05, 0.1) is 16.0 Å². The molecule has 0 radical (unpaired) electrons.